The zero-order valence-corrected chi connectivity index (χ0v) is 13.4. The van der Waals surface area contributed by atoms with E-state index in [0.29, 0.717) is 0 Å². The quantitative estimate of drug-likeness (QED) is 0.626. The zero-order valence-electron chi connectivity index (χ0n) is 11.0. The Kier molecular flexibility index (Phi) is 3.57. The van der Waals surface area contributed by atoms with Crippen LogP contribution in [-0.2, 0) is 0 Å². The van der Waals surface area contributed by atoms with Crippen LogP contribution < -0.4 is 4.74 Å². The van der Waals surface area contributed by atoms with Crippen molar-refractivity contribution in [3.63, 3.8) is 0 Å². The molecule has 0 aliphatic heterocycles. The van der Waals surface area contributed by atoms with Gasteiger partial charge < -0.3 is 4.74 Å². The van der Waals surface area contributed by atoms with E-state index in [1.807, 2.05) is 0 Å². The largest absolute Gasteiger partial charge is 0.481 e. The molecule has 1 heterocycles. The topological polar surface area (TPSA) is 50.8 Å². The summed E-state index contributed by atoms with van der Waals surface area (Å²) < 4.78 is 69.9. The van der Waals surface area contributed by atoms with Crippen molar-refractivity contribution in [3.8, 4) is 17.6 Å². The highest BCUT2D eigenvalue weighted by molar-refractivity contribution is 8.45. The van der Waals surface area contributed by atoms with Crippen molar-refractivity contribution in [3.05, 3.63) is 33.9 Å². The van der Waals surface area contributed by atoms with E-state index in [4.69, 9.17) is 33.2 Å². The van der Waals surface area contributed by atoms with Gasteiger partial charge in [0.25, 0.3) is 0 Å². The molecule has 0 aliphatic carbocycles. The molecule has 2 rings (SSSR count). The lowest BCUT2D eigenvalue weighted by Crippen LogP contribution is -2.08. The van der Waals surface area contributed by atoms with E-state index in [1.165, 1.54) is 13.2 Å². The van der Waals surface area contributed by atoms with E-state index in [9.17, 15) is 19.4 Å². The summed E-state index contributed by atoms with van der Waals surface area (Å²) in [7, 11) is -8.73. The molecule has 0 unspecified atom stereocenters. The van der Waals surface area contributed by atoms with Crippen LogP contribution in [0.4, 0.5) is 19.4 Å². The van der Waals surface area contributed by atoms with Gasteiger partial charge in [0, 0.05) is 6.07 Å². The minimum Gasteiger partial charge on any atom is -0.481 e. The number of methoxy groups -OCH3 is 1. The first-order valence-corrected chi connectivity index (χ1v) is 8.25. The zero-order chi connectivity index (χ0) is 17.7. The molecule has 0 aliphatic rings. The number of hydrogen-bond donors (Lipinski definition) is 0. The summed E-state index contributed by atoms with van der Waals surface area (Å²) in [6, 6.07) is 2.96. The smallest absolute Gasteiger partial charge is 0.310 e. The highest BCUT2D eigenvalue weighted by atomic mass is 35.5. The molecule has 0 atom stereocenters. The number of hydrogen-bond acceptors (Lipinski definition) is 3. The van der Waals surface area contributed by atoms with Crippen LogP contribution in [0.15, 0.2) is 23.1 Å². The van der Waals surface area contributed by atoms with Gasteiger partial charge in [-0.1, -0.05) is 42.6 Å². The molecule has 0 amide bonds. The Balaban J connectivity index is 2.74. The number of aromatic nitrogens is 2. The number of nitriles is 1. The average molecular weight is 394 g/mol. The summed E-state index contributed by atoms with van der Waals surface area (Å²) in [4.78, 5) is -2.23. The van der Waals surface area contributed by atoms with Gasteiger partial charge in [-0.3, -0.25) is 0 Å². The number of nitrogens with zero attached hydrogens (tertiary/aromatic N) is 3. The molecule has 23 heavy (non-hydrogen) atoms. The van der Waals surface area contributed by atoms with Gasteiger partial charge in [0.1, 0.15) is 16.7 Å². The molecule has 0 bridgehead atoms. The van der Waals surface area contributed by atoms with Crippen LogP contribution in [0.5, 0.6) is 5.88 Å². The average Bonchev–Trinajstić information content (AvgIpc) is 2.78. The Hall–Kier alpha value is -1.70. The van der Waals surface area contributed by atoms with Crippen LogP contribution in [-0.4, -0.2) is 16.9 Å². The summed E-state index contributed by atoms with van der Waals surface area (Å²) in [6.45, 7) is 0. The maximum Gasteiger partial charge on any atom is 0.310 e. The fourth-order valence-corrected chi connectivity index (χ4v) is 3.15. The van der Waals surface area contributed by atoms with Crippen molar-refractivity contribution in [2.75, 3.05) is 7.11 Å². The van der Waals surface area contributed by atoms with E-state index < -0.39 is 25.2 Å². The lowest BCUT2D eigenvalue weighted by Gasteiger charge is -2.40. The lowest BCUT2D eigenvalue weighted by molar-refractivity contribution is 0.364. The minimum atomic E-state index is -9.94. The molecule has 1 aromatic carbocycles. The Morgan fingerprint density at radius 2 is 1.65 bits per heavy atom. The summed E-state index contributed by atoms with van der Waals surface area (Å²) >= 11 is 11.4. The van der Waals surface area contributed by atoms with Crippen molar-refractivity contribution in [1.82, 2.24) is 9.78 Å². The maximum absolute atomic E-state index is 12.8. The lowest BCUT2D eigenvalue weighted by atomic mass is 10.3. The number of halogens is 7. The number of rotatable bonds is 3. The monoisotopic (exact) mass is 393 g/mol. The standard InChI is InChI=1S/C11H6Cl2F5N3OS/c1-22-10-2-6(5-19)20-21(10)11-8(12)3-7(4-9(11)13)23(14,15,16,17)18/h2-4H,1H3. The van der Waals surface area contributed by atoms with E-state index in [1.54, 1.807) is 6.07 Å². The molecular formula is C11H6Cl2F5N3OS. The molecule has 12 heteroatoms. The van der Waals surface area contributed by atoms with Crippen molar-refractivity contribution < 1.29 is 24.2 Å². The van der Waals surface area contributed by atoms with E-state index in [0.717, 1.165) is 4.68 Å². The van der Waals surface area contributed by atoms with Crippen LogP contribution >= 0.6 is 33.4 Å². The van der Waals surface area contributed by atoms with Crippen molar-refractivity contribution >= 4 is 33.4 Å². The number of ether oxygens (including phenoxy) is 1. The fraction of sp³-hybridized carbons (Fsp3) is 0.0909. The summed E-state index contributed by atoms with van der Waals surface area (Å²) in [5.41, 5.74) is -0.456. The Bertz CT molecular complexity index is 821. The Morgan fingerprint density at radius 1 is 1.13 bits per heavy atom. The van der Waals surface area contributed by atoms with Crippen LogP contribution in [0.25, 0.3) is 5.69 Å². The SMILES string of the molecule is COc1cc(C#N)nn1-c1c(Cl)cc(S(F)(F)(F)(F)F)cc1Cl. The van der Waals surface area contributed by atoms with Gasteiger partial charge in [-0.25, -0.2) is 0 Å². The second kappa shape index (κ2) is 4.66. The highest BCUT2D eigenvalue weighted by Crippen LogP contribution is 3.02. The predicted molar refractivity (Wildman–Crippen MR) is 76.2 cm³/mol. The first kappa shape index (κ1) is 17.7. The predicted octanol–water partition coefficient (Wildman–Crippen LogP) is 5.72. The van der Waals surface area contributed by atoms with Gasteiger partial charge in [-0.15, -0.1) is 0 Å². The van der Waals surface area contributed by atoms with E-state index in [2.05, 4.69) is 5.10 Å². The molecule has 0 spiro atoms. The van der Waals surface area contributed by atoms with Gasteiger partial charge >= 0.3 is 10.2 Å². The highest BCUT2D eigenvalue weighted by Gasteiger charge is 2.65. The number of benzene rings is 1. The normalized spacial score (nSPS) is 14.7. The molecular weight excluding hydrogens is 388 g/mol. The third-order valence-corrected chi connectivity index (χ3v) is 4.35. The van der Waals surface area contributed by atoms with Gasteiger partial charge in [-0.2, -0.15) is 15.0 Å². The first-order chi connectivity index (χ1) is 10.3. The molecule has 0 N–H and O–H groups in total. The first-order valence-electron chi connectivity index (χ1n) is 5.54. The third kappa shape index (κ3) is 3.46. The third-order valence-electron chi connectivity index (χ3n) is 2.65. The van der Waals surface area contributed by atoms with Gasteiger partial charge in [0.05, 0.1) is 17.2 Å². The van der Waals surface area contributed by atoms with E-state index in [-0.39, 0.29) is 29.4 Å². The second-order valence-electron chi connectivity index (χ2n) is 4.30. The maximum atomic E-state index is 12.8. The van der Waals surface area contributed by atoms with Gasteiger partial charge in [-0.05, 0) is 12.1 Å². The van der Waals surface area contributed by atoms with E-state index >= 15 is 0 Å². The Morgan fingerprint density at radius 3 is 2.04 bits per heavy atom. The van der Waals surface area contributed by atoms with Crippen molar-refractivity contribution in [1.29, 1.82) is 5.26 Å². The van der Waals surface area contributed by atoms with Gasteiger partial charge in [0.15, 0.2) is 5.69 Å². The Labute approximate surface area is 136 Å². The summed E-state index contributed by atoms with van der Waals surface area (Å²) in [6.07, 6.45) is 0. The van der Waals surface area contributed by atoms with Crippen LogP contribution in [0.1, 0.15) is 5.69 Å². The molecule has 2 aromatic rings. The molecule has 0 saturated heterocycles. The van der Waals surface area contributed by atoms with Crippen LogP contribution in [0.2, 0.25) is 10.0 Å². The van der Waals surface area contributed by atoms with Crippen molar-refractivity contribution in [2.24, 2.45) is 0 Å². The minimum absolute atomic E-state index is 0.0531. The fourth-order valence-electron chi connectivity index (χ4n) is 1.69. The van der Waals surface area contributed by atoms with Crippen LogP contribution in [0.3, 0.4) is 0 Å². The summed E-state index contributed by atoms with van der Waals surface area (Å²) in [5, 5.41) is 11.0. The molecule has 0 fully saturated rings. The summed E-state index contributed by atoms with van der Waals surface area (Å²) in [5.74, 6) is -0.0644. The molecule has 126 valence electrons. The van der Waals surface area contributed by atoms with Gasteiger partial charge in [0.2, 0.25) is 5.88 Å². The molecule has 4 nitrogen and oxygen atoms in total. The molecule has 0 saturated carbocycles. The van der Waals surface area contributed by atoms with Crippen molar-refractivity contribution in [2.45, 2.75) is 4.90 Å². The van der Waals surface area contributed by atoms with Crippen LogP contribution in [0, 0.1) is 11.3 Å². The molecule has 1 aromatic heterocycles. The second-order valence-corrected chi connectivity index (χ2v) is 7.52. The molecule has 0 radical (unpaired) electrons.